The molecule has 5 heteroatoms. The van der Waals surface area contributed by atoms with Gasteiger partial charge in [-0.2, -0.15) is 0 Å². The molecule has 0 bridgehead atoms. The Kier molecular flexibility index (Phi) is 5.11. The summed E-state index contributed by atoms with van der Waals surface area (Å²) in [6.07, 6.45) is 3.31. The number of fused-ring (bicyclic) bond motifs is 1. The molecule has 2 unspecified atom stereocenters. The SMILES string of the molecule is NC(=O)C(Cc1ccc2ccccc2c1)NC(=O)C1CCCCN1. The van der Waals surface area contributed by atoms with E-state index in [2.05, 4.69) is 10.6 Å². The molecule has 1 heterocycles. The van der Waals surface area contributed by atoms with Crippen LogP contribution in [0, 0.1) is 0 Å². The van der Waals surface area contributed by atoms with Crippen molar-refractivity contribution in [1.82, 2.24) is 10.6 Å². The summed E-state index contributed by atoms with van der Waals surface area (Å²) in [4.78, 5) is 24.1. The van der Waals surface area contributed by atoms with Gasteiger partial charge in [-0.05, 0) is 35.7 Å². The van der Waals surface area contributed by atoms with Crippen molar-refractivity contribution in [3.8, 4) is 0 Å². The summed E-state index contributed by atoms with van der Waals surface area (Å²) in [6, 6.07) is 13.2. The zero-order valence-corrected chi connectivity index (χ0v) is 13.6. The molecule has 126 valence electrons. The lowest BCUT2D eigenvalue weighted by Gasteiger charge is -2.25. The van der Waals surface area contributed by atoms with Crippen LogP contribution >= 0.6 is 0 Å². The Morgan fingerprint density at radius 1 is 1.17 bits per heavy atom. The summed E-state index contributed by atoms with van der Waals surface area (Å²) in [5.74, 6) is -0.647. The van der Waals surface area contributed by atoms with Gasteiger partial charge in [-0.15, -0.1) is 0 Å². The van der Waals surface area contributed by atoms with E-state index in [1.165, 1.54) is 0 Å². The Bertz CT molecular complexity index is 738. The lowest BCUT2D eigenvalue weighted by Crippen LogP contribution is -2.53. The van der Waals surface area contributed by atoms with Gasteiger partial charge in [0, 0.05) is 6.42 Å². The van der Waals surface area contributed by atoms with E-state index in [0.717, 1.165) is 42.1 Å². The highest BCUT2D eigenvalue weighted by Crippen LogP contribution is 2.17. The number of carbonyl (C=O) groups excluding carboxylic acids is 2. The molecule has 2 aromatic carbocycles. The zero-order chi connectivity index (χ0) is 16.9. The third-order valence-corrected chi connectivity index (χ3v) is 4.54. The van der Waals surface area contributed by atoms with Gasteiger partial charge in [0.05, 0.1) is 6.04 Å². The van der Waals surface area contributed by atoms with Crippen LogP contribution in [0.25, 0.3) is 10.8 Å². The maximum Gasteiger partial charge on any atom is 0.240 e. The highest BCUT2D eigenvalue weighted by Gasteiger charge is 2.25. The van der Waals surface area contributed by atoms with Crippen LogP contribution < -0.4 is 16.4 Å². The number of amides is 2. The van der Waals surface area contributed by atoms with Gasteiger partial charge >= 0.3 is 0 Å². The van der Waals surface area contributed by atoms with Crippen molar-refractivity contribution in [1.29, 1.82) is 0 Å². The van der Waals surface area contributed by atoms with Crippen molar-refractivity contribution in [2.45, 2.75) is 37.8 Å². The molecule has 2 atom stereocenters. The van der Waals surface area contributed by atoms with Gasteiger partial charge in [-0.1, -0.05) is 48.9 Å². The van der Waals surface area contributed by atoms with Crippen LogP contribution in [0.3, 0.4) is 0 Å². The van der Waals surface area contributed by atoms with Crippen LogP contribution in [-0.2, 0) is 16.0 Å². The fourth-order valence-electron chi connectivity index (χ4n) is 3.17. The van der Waals surface area contributed by atoms with Gasteiger partial charge in [0.2, 0.25) is 11.8 Å². The lowest BCUT2D eigenvalue weighted by atomic mass is 10.00. The fraction of sp³-hybridized carbons (Fsp3) is 0.368. The van der Waals surface area contributed by atoms with Crippen molar-refractivity contribution in [2.24, 2.45) is 5.73 Å². The molecular weight excluding hydrogens is 302 g/mol. The summed E-state index contributed by atoms with van der Waals surface area (Å²) < 4.78 is 0. The van der Waals surface area contributed by atoms with Crippen LogP contribution in [-0.4, -0.2) is 30.4 Å². The van der Waals surface area contributed by atoms with E-state index in [4.69, 9.17) is 5.73 Å². The third kappa shape index (κ3) is 3.92. The largest absolute Gasteiger partial charge is 0.368 e. The number of benzene rings is 2. The van der Waals surface area contributed by atoms with Gasteiger partial charge in [0.1, 0.15) is 6.04 Å². The number of primary amides is 1. The minimum absolute atomic E-state index is 0.140. The van der Waals surface area contributed by atoms with Crippen LogP contribution in [0.2, 0.25) is 0 Å². The Morgan fingerprint density at radius 2 is 1.96 bits per heavy atom. The van der Waals surface area contributed by atoms with E-state index in [0.29, 0.717) is 6.42 Å². The van der Waals surface area contributed by atoms with Gasteiger partial charge in [-0.25, -0.2) is 0 Å². The van der Waals surface area contributed by atoms with E-state index in [1.807, 2.05) is 42.5 Å². The van der Waals surface area contributed by atoms with Crippen molar-refractivity contribution >= 4 is 22.6 Å². The molecule has 1 aliphatic heterocycles. The third-order valence-electron chi connectivity index (χ3n) is 4.54. The van der Waals surface area contributed by atoms with E-state index in [1.54, 1.807) is 0 Å². The van der Waals surface area contributed by atoms with E-state index in [-0.39, 0.29) is 11.9 Å². The standard InChI is InChI=1S/C19H23N3O2/c20-18(23)17(22-19(24)16-7-3-4-10-21-16)12-13-8-9-14-5-1-2-6-15(14)11-13/h1-2,5-6,8-9,11,16-17,21H,3-4,7,10,12H2,(H2,20,23)(H,22,24). The second-order valence-corrected chi connectivity index (χ2v) is 6.35. The number of hydrogen-bond donors (Lipinski definition) is 3. The highest BCUT2D eigenvalue weighted by atomic mass is 16.2. The van der Waals surface area contributed by atoms with Crippen LogP contribution in [0.1, 0.15) is 24.8 Å². The first-order valence-corrected chi connectivity index (χ1v) is 8.44. The summed E-state index contributed by atoms with van der Waals surface area (Å²) in [5.41, 5.74) is 6.48. The molecule has 2 aromatic rings. The molecule has 0 aliphatic carbocycles. The molecule has 5 nitrogen and oxygen atoms in total. The molecule has 0 spiro atoms. The molecule has 24 heavy (non-hydrogen) atoms. The predicted molar refractivity (Wildman–Crippen MR) is 94.4 cm³/mol. The van der Waals surface area contributed by atoms with Gasteiger partial charge < -0.3 is 16.4 Å². The normalized spacial score (nSPS) is 18.9. The van der Waals surface area contributed by atoms with Crippen molar-refractivity contribution < 1.29 is 9.59 Å². The molecule has 4 N–H and O–H groups in total. The Labute approximate surface area is 141 Å². The van der Waals surface area contributed by atoms with Crippen LogP contribution in [0.5, 0.6) is 0 Å². The summed E-state index contributed by atoms with van der Waals surface area (Å²) in [5, 5.41) is 8.25. The smallest absolute Gasteiger partial charge is 0.240 e. The maximum atomic E-state index is 12.3. The number of rotatable bonds is 5. The number of hydrogen-bond acceptors (Lipinski definition) is 3. The maximum absolute atomic E-state index is 12.3. The van der Waals surface area contributed by atoms with E-state index in [9.17, 15) is 9.59 Å². The first-order valence-electron chi connectivity index (χ1n) is 8.44. The predicted octanol–water partition coefficient (Wildman–Crippen LogP) is 1.49. The molecule has 3 rings (SSSR count). The van der Waals surface area contributed by atoms with Crippen LogP contribution in [0.15, 0.2) is 42.5 Å². The summed E-state index contributed by atoms with van der Waals surface area (Å²) in [7, 11) is 0. The molecular formula is C19H23N3O2. The summed E-state index contributed by atoms with van der Waals surface area (Å²) in [6.45, 7) is 0.837. The van der Waals surface area contributed by atoms with Crippen molar-refractivity contribution in [2.75, 3.05) is 6.54 Å². The topological polar surface area (TPSA) is 84.2 Å². The second kappa shape index (κ2) is 7.45. The number of nitrogens with one attached hydrogen (secondary N) is 2. The van der Waals surface area contributed by atoms with E-state index < -0.39 is 11.9 Å². The second-order valence-electron chi connectivity index (χ2n) is 6.35. The molecule has 1 fully saturated rings. The Morgan fingerprint density at radius 3 is 2.67 bits per heavy atom. The Balaban J connectivity index is 1.70. The van der Waals surface area contributed by atoms with Gasteiger partial charge in [-0.3, -0.25) is 9.59 Å². The van der Waals surface area contributed by atoms with Gasteiger partial charge in [0.25, 0.3) is 0 Å². The minimum atomic E-state index is -0.692. The van der Waals surface area contributed by atoms with Crippen molar-refractivity contribution in [3.05, 3.63) is 48.0 Å². The molecule has 2 amide bonds. The number of piperidine rings is 1. The first-order chi connectivity index (χ1) is 11.6. The summed E-state index contributed by atoms with van der Waals surface area (Å²) >= 11 is 0. The molecule has 1 aliphatic rings. The Hall–Kier alpha value is -2.40. The number of carbonyl (C=O) groups is 2. The first kappa shape index (κ1) is 16.5. The fourth-order valence-corrected chi connectivity index (χ4v) is 3.17. The molecule has 1 saturated heterocycles. The monoisotopic (exact) mass is 325 g/mol. The van der Waals surface area contributed by atoms with Crippen LogP contribution in [0.4, 0.5) is 0 Å². The number of nitrogens with two attached hydrogens (primary N) is 1. The minimum Gasteiger partial charge on any atom is -0.368 e. The molecule has 0 radical (unpaired) electrons. The lowest BCUT2D eigenvalue weighted by molar-refractivity contribution is -0.129. The quantitative estimate of drug-likeness (QED) is 0.779. The molecule has 0 saturated carbocycles. The zero-order valence-electron chi connectivity index (χ0n) is 13.6. The van der Waals surface area contributed by atoms with E-state index >= 15 is 0 Å². The van der Waals surface area contributed by atoms with Crippen molar-refractivity contribution in [3.63, 3.8) is 0 Å². The van der Waals surface area contributed by atoms with Gasteiger partial charge in [0.15, 0.2) is 0 Å². The highest BCUT2D eigenvalue weighted by molar-refractivity contribution is 5.89. The average Bonchev–Trinajstić information content (AvgIpc) is 2.61. The molecule has 0 aromatic heterocycles. The average molecular weight is 325 g/mol.